The molecule has 0 fully saturated rings. The molecule has 8 nitrogen and oxygen atoms in total. The standard InChI is InChI=1S/C17H20N4O4/c1-10-8-11(2)20-17(19-10)18-7-3-4-15(23)21-13-9-12(16(24)25)5-6-14(13)22/h5-6,8-9,22H,3-4,7H2,1-2H3,(H,21,23)(H,24,25)(H,18,19,20). The Labute approximate surface area is 144 Å². The maximum absolute atomic E-state index is 11.9. The average Bonchev–Trinajstić information content (AvgIpc) is 2.52. The van der Waals surface area contributed by atoms with Crippen LogP contribution in [0.4, 0.5) is 11.6 Å². The third kappa shape index (κ3) is 5.45. The van der Waals surface area contributed by atoms with Crippen LogP contribution in [0, 0.1) is 13.8 Å². The number of aromatic carboxylic acids is 1. The molecule has 0 aliphatic rings. The highest BCUT2D eigenvalue weighted by Gasteiger charge is 2.10. The van der Waals surface area contributed by atoms with Gasteiger partial charge in [0.1, 0.15) is 5.75 Å². The molecule has 0 unspecified atom stereocenters. The minimum absolute atomic E-state index is 0.0123. The minimum atomic E-state index is -1.13. The first-order valence-corrected chi connectivity index (χ1v) is 7.77. The normalized spacial score (nSPS) is 10.3. The van der Waals surface area contributed by atoms with Gasteiger partial charge in [0, 0.05) is 24.4 Å². The van der Waals surface area contributed by atoms with E-state index in [2.05, 4.69) is 20.6 Å². The predicted molar refractivity (Wildman–Crippen MR) is 92.9 cm³/mol. The number of carboxylic acid groups (broad SMARTS) is 1. The van der Waals surface area contributed by atoms with Crippen molar-refractivity contribution < 1.29 is 19.8 Å². The van der Waals surface area contributed by atoms with Crippen LogP contribution < -0.4 is 10.6 Å². The fourth-order valence-electron chi connectivity index (χ4n) is 2.24. The highest BCUT2D eigenvalue weighted by atomic mass is 16.4. The summed E-state index contributed by atoms with van der Waals surface area (Å²) in [4.78, 5) is 31.4. The zero-order valence-corrected chi connectivity index (χ0v) is 14.0. The second-order valence-electron chi connectivity index (χ2n) is 5.59. The Balaban J connectivity index is 1.83. The fourth-order valence-corrected chi connectivity index (χ4v) is 2.24. The summed E-state index contributed by atoms with van der Waals surface area (Å²) in [5.41, 5.74) is 1.79. The van der Waals surface area contributed by atoms with Gasteiger partial charge in [-0.15, -0.1) is 0 Å². The first-order chi connectivity index (χ1) is 11.8. The summed E-state index contributed by atoms with van der Waals surface area (Å²) in [7, 11) is 0. The maximum atomic E-state index is 11.9. The van der Waals surface area contributed by atoms with E-state index in [0.717, 1.165) is 11.4 Å². The van der Waals surface area contributed by atoms with E-state index >= 15 is 0 Å². The molecule has 0 spiro atoms. The van der Waals surface area contributed by atoms with Crippen molar-refractivity contribution in [1.29, 1.82) is 0 Å². The molecule has 4 N–H and O–H groups in total. The summed E-state index contributed by atoms with van der Waals surface area (Å²) in [5.74, 6) is -1.11. The molecule has 8 heteroatoms. The summed E-state index contributed by atoms with van der Waals surface area (Å²) in [6.45, 7) is 4.27. The molecule has 132 valence electrons. The third-order valence-electron chi connectivity index (χ3n) is 3.36. The van der Waals surface area contributed by atoms with Gasteiger partial charge in [-0.1, -0.05) is 0 Å². The number of hydrogen-bond acceptors (Lipinski definition) is 6. The quantitative estimate of drug-likeness (QED) is 0.449. The van der Waals surface area contributed by atoms with Crippen LogP contribution >= 0.6 is 0 Å². The van der Waals surface area contributed by atoms with Crippen molar-refractivity contribution >= 4 is 23.5 Å². The number of phenols is 1. The number of aromatic hydroxyl groups is 1. The van der Waals surface area contributed by atoms with Crippen molar-refractivity contribution in [2.45, 2.75) is 26.7 Å². The molecule has 0 atom stereocenters. The van der Waals surface area contributed by atoms with E-state index in [9.17, 15) is 14.7 Å². The van der Waals surface area contributed by atoms with Crippen LogP contribution in [-0.2, 0) is 4.79 Å². The van der Waals surface area contributed by atoms with Crippen LogP contribution in [0.1, 0.15) is 34.6 Å². The summed E-state index contributed by atoms with van der Waals surface area (Å²) >= 11 is 0. The van der Waals surface area contributed by atoms with Gasteiger partial charge in [0.15, 0.2) is 0 Å². The first kappa shape index (κ1) is 18.2. The van der Waals surface area contributed by atoms with Gasteiger partial charge in [0.05, 0.1) is 11.3 Å². The predicted octanol–water partition coefficient (Wildman–Crippen LogP) is 2.33. The molecule has 0 saturated carbocycles. The lowest BCUT2D eigenvalue weighted by Gasteiger charge is -2.09. The maximum Gasteiger partial charge on any atom is 0.335 e. The van der Waals surface area contributed by atoms with Crippen molar-refractivity contribution in [1.82, 2.24) is 9.97 Å². The van der Waals surface area contributed by atoms with E-state index in [1.165, 1.54) is 18.2 Å². The number of carbonyl (C=O) groups is 2. The zero-order valence-electron chi connectivity index (χ0n) is 14.0. The molecule has 0 saturated heterocycles. The SMILES string of the molecule is Cc1cc(C)nc(NCCCC(=O)Nc2cc(C(=O)O)ccc2O)n1. The molecule has 1 heterocycles. The highest BCUT2D eigenvalue weighted by Crippen LogP contribution is 2.24. The summed E-state index contributed by atoms with van der Waals surface area (Å²) < 4.78 is 0. The number of aromatic nitrogens is 2. The first-order valence-electron chi connectivity index (χ1n) is 7.77. The third-order valence-corrected chi connectivity index (χ3v) is 3.36. The molecule has 1 aromatic heterocycles. The van der Waals surface area contributed by atoms with E-state index in [-0.39, 0.29) is 29.3 Å². The molecule has 0 bridgehead atoms. The van der Waals surface area contributed by atoms with E-state index in [1.54, 1.807) is 0 Å². The number of benzene rings is 1. The van der Waals surface area contributed by atoms with Gasteiger partial charge >= 0.3 is 5.97 Å². The second kappa shape index (κ2) is 8.09. The van der Waals surface area contributed by atoms with Crippen molar-refractivity contribution in [3.05, 3.63) is 41.2 Å². The van der Waals surface area contributed by atoms with Gasteiger partial charge < -0.3 is 20.8 Å². The fraction of sp³-hybridized carbons (Fsp3) is 0.294. The summed E-state index contributed by atoms with van der Waals surface area (Å²) in [6, 6.07) is 5.59. The van der Waals surface area contributed by atoms with Gasteiger partial charge in [-0.25, -0.2) is 14.8 Å². The average molecular weight is 344 g/mol. The zero-order chi connectivity index (χ0) is 18.4. The lowest BCUT2D eigenvalue weighted by molar-refractivity contribution is -0.116. The lowest BCUT2D eigenvalue weighted by Crippen LogP contribution is -2.14. The molecule has 0 aliphatic heterocycles. The number of nitrogens with zero attached hydrogens (tertiary/aromatic N) is 2. The number of hydrogen-bond donors (Lipinski definition) is 4. The largest absolute Gasteiger partial charge is 0.506 e. The molecule has 1 aromatic carbocycles. The number of aryl methyl sites for hydroxylation is 2. The Morgan fingerprint density at radius 2 is 1.80 bits per heavy atom. The van der Waals surface area contributed by atoms with Gasteiger partial charge in [-0.2, -0.15) is 0 Å². The Bertz CT molecular complexity index is 772. The Morgan fingerprint density at radius 1 is 1.12 bits per heavy atom. The van der Waals surface area contributed by atoms with Crippen LogP contribution in [0.3, 0.4) is 0 Å². The molecular weight excluding hydrogens is 324 g/mol. The Morgan fingerprint density at radius 3 is 2.44 bits per heavy atom. The van der Waals surface area contributed by atoms with E-state index in [1.807, 2.05) is 19.9 Å². The van der Waals surface area contributed by atoms with Crippen LogP contribution in [0.5, 0.6) is 5.75 Å². The molecule has 2 rings (SSSR count). The Kier molecular flexibility index (Phi) is 5.89. The minimum Gasteiger partial charge on any atom is -0.506 e. The second-order valence-corrected chi connectivity index (χ2v) is 5.59. The number of rotatable bonds is 7. The molecule has 25 heavy (non-hydrogen) atoms. The number of anilines is 2. The topological polar surface area (TPSA) is 124 Å². The van der Waals surface area contributed by atoms with Crippen molar-refractivity contribution in [3.8, 4) is 5.75 Å². The monoisotopic (exact) mass is 344 g/mol. The number of nitrogens with one attached hydrogen (secondary N) is 2. The van der Waals surface area contributed by atoms with Crippen molar-refractivity contribution in [3.63, 3.8) is 0 Å². The van der Waals surface area contributed by atoms with Crippen molar-refractivity contribution in [2.75, 3.05) is 17.2 Å². The van der Waals surface area contributed by atoms with Crippen LogP contribution in [0.15, 0.2) is 24.3 Å². The lowest BCUT2D eigenvalue weighted by atomic mass is 10.2. The number of phenolic OH excluding ortho intramolecular Hbond substituents is 1. The smallest absolute Gasteiger partial charge is 0.335 e. The Hall–Kier alpha value is -3.16. The van der Waals surface area contributed by atoms with Gasteiger partial charge in [-0.3, -0.25) is 4.79 Å². The molecule has 0 aliphatic carbocycles. The molecule has 1 amide bonds. The molecule has 2 aromatic rings. The van der Waals surface area contributed by atoms with E-state index < -0.39 is 5.97 Å². The van der Waals surface area contributed by atoms with Crippen LogP contribution in [-0.4, -0.2) is 38.6 Å². The van der Waals surface area contributed by atoms with Gasteiger partial charge in [0.25, 0.3) is 0 Å². The van der Waals surface area contributed by atoms with E-state index in [4.69, 9.17) is 5.11 Å². The van der Waals surface area contributed by atoms with E-state index in [0.29, 0.717) is 18.9 Å². The van der Waals surface area contributed by atoms with Crippen molar-refractivity contribution in [2.24, 2.45) is 0 Å². The molecule has 0 radical (unpaired) electrons. The van der Waals surface area contributed by atoms with Gasteiger partial charge in [0.2, 0.25) is 11.9 Å². The summed E-state index contributed by atoms with van der Waals surface area (Å²) in [5, 5.41) is 24.2. The number of amides is 1. The summed E-state index contributed by atoms with van der Waals surface area (Å²) in [6.07, 6.45) is 0.732. The highest BCUT2D eigenvalue weighted by molar-refractivity contribution is 5.95. The number of carboxylic acids is 1. The van der Waals surface area contributed by atoms with Gasteiger partial charge in [-0.05, 0) is 44.5 Å². The number of carbonyl (C=O) groups excluding carboxylic acids is 1. The van der Waals surface area contributed by atoms with Crippen LogP contribution in [0.25, 0.3) is 0 Å². The van der Waals surface area contributed by atoms with Crippen LogP contribution in [0.2, 0.25) is 0 Å². The molecular formula is C17H20N4O4.